The SMILES string of the molecule is CN(C1CCOCC1)C1CCCC(N)(CO)C1. The molecular weight excluding hydrogens is 216 g/mol. The van der Waals surface area contributed by atoms with Crippen molar-refractivity contribution in [3.8, 4) is 0 Å². The zero-order valence-electron chi connectivity index (χ0n) is 10.9. The second-order valence-electron chi connectivity index (χ2n) is 5.78. The second-order valence-corrected chi connectivity index (χ2v) is 5.78. The summed E-state index contributed by atoms with van der Waals surface area (Å²) < 4.78 is 5.41. The topological polar surface area (TPSA) is 58.7 Å². The Balaban J connectivity index is 1.91. The first-order valence-electron chi connectivity index (χ1n) is 6.84. The molecular formula is C13H26N2O2. The lowest BCUT2D eigenvalue weighted by Gasteiger charge is -2.44. The Bertz CT molecular complexity index is 244. The number of rotatable bonds is 3. The average Bonchev–Trinajstić information content (AvgIpc) is 2.39. The normalized spacial score (nSPS) is 36.4. The third-order valence-electron chi connectivity index (χ3n) is 4.51. The molecule has 1 aliphatic heterocycles. The molecule has 2 aliphatic rings. The van der Waals surface area contributed by atoms with Crippen LogP contribution >= 0.6 is 0 Å². The minimum absolute atomic E-state index is 0.116. The minimum Gasteiger partial charge on any atom is -0.394 e. The molecule has 0 spiro atoms. The standard InChI is InChI=1S/C13H26N2O2/c1-15(11-4-7-17-8-5-11)12-3-2-6-13(14,9-12)10-16/h11-12,16H,2-10,14H2,1H3. The summed E-state index contributed by atoms with van der Waals surface area (Å²) in [6.45, 7) is 1.89. The van der Waals surface area contributed by atoms with E-state index >= 15 is 0 Å². The largest absolute Gasteiger partial charge is 0.394 e. The molecule has 0 aromatic carbocycles. The first kappa shape index (κ1) is 13.3. The molecule has 2 atom stereocenters. The summed E-state index contributed by atoms with van der Waals surface area (Å²) in [6, 6.07) is 1.17. The Morgan fingerprint density at radius 2 is 2.00 bits per heavy atom. The van der Waals surface area contributed by atoms with E-state index in [1.54, 1.807) is 0 Å². The molecule has 1 saturated heterocycles. The lowest BCUT2D eigenvalue weighted by Crippen LogP contribution is -2.54. The monoisotopic (exact) mass is 242 g/mol. The van der Waals surface area contributed by atoms with Gasteiger partial charge in [0.2, 0.25) is 0 Å². The number of aliphatic hydroxyl groups excluding tert-OH is 1. The Hall–Kier alpha value is -0.160. The molecule has 0 aromatic rings. The number of nitrogens with zero attached hydrogens (tertiary/aromatic N) is 1. The van der Waals surface area contributed by atoms with Crippen molar-refractivity contribution in [2.75, 3.05) is 26.9 Å². The summed E-state index contributed by atoms with van der Waals surface area (Å²) in [5, 5.41) is 9.40. The molecule has 3 N–H and O–H groups in total. The zero-order valence-corrected chi connectivity index (χ0v) is 10.9. The first-order chi connectivity index (χ1) is 8.14. The van der Waals surface area contributed by atoms with Crippen LogP contribution in [0.2, 0.25) is 0 Å². The molecule has 1 aliphatic carbocycles. The van der Waals surface area contributed by atoms with Crippen LogP contribution in [0.15, 0.2) is 0 Å². The van der Waals surface area contributed by atoms with E-state index in [1.165, 1.54) is 6.42 Å². The van der Waals surface area contributed by atoms with Gasteiger partial charge in [-0.25, -0.2) is 0 Å². The molecule has 1 saturated carbocycles. The van der Waals surface area contributed by atoms with Gasteiger partial charge in [-0.15, -0.1) is 0 Å². The predicted molar refractivity (Wildman–Crippen MR) is 67.9 cm³/mol. The Kier molecular flexibility index (Phi) is 4.42. The fourth-order valence-corrected chi connectivity index (χ4v) is 3.24. The van der Waals surface area contributed by atoms with Crippen molar-refractivity contribution >= 4 is 0 Å². The Morgan fingerprint density at radius 1 is 1.29 bits per heavy atom. The molecule has 17 heavy (non-hydrogen) atoms. The van der Waals surface area contributed by atoms with E-state index in [0.717, 1.165) is 45.3 Å². The first-order valence-corrected chi connectivity index (χ1v) is 6.84. The summed E-state index contributed by atoms with van der Waals surface area (Å²) in [4.78, 5) is 2.49. The number of hydrogen-bond acceptors (Lipinski definition) is 4. The van der Waals surface area contributed by atoms with Gasteiger partial charge in [-0.3, -0.25) is 0 Å². The van der Waals surface area contributed by atoms with E-state index in [2.05, 4.69) is 11.9 Å². The van der Waals surface area contributed by atoms with E-state index in [0.29, 0.717) is 12.1 Å². The van der Waals surface area contributed by atoms with Crippen molar-refractivity contribution in [3.63, 3.8) is 0 Å². The van der Waals surface area contributed by atoms with Gasteiger partial charge in [-0.2, -0.15) is 0 Å². The molecule has 4 nitrogen and oxygen atoms in total. The third kappa shape index (κ3) is 3.19. The van der Waals surface area contributed by atoms with Gasteiger partial charge in [0.05, 0.1) is 6.61 Å². The van der Waals surface area contributed by atoms with Crippen LogP contribution in [0.5, 0.6) is 0 Å². The molecule has 0 radical (unpaired) electrons. The summed E-state index contributed by atoms with van der Waals surface area (Å²) in [6.07, 6.45) is 6.49. The maximum absolute atomic E-state index is 9.40. The lowest BCUT2D eigenvalue weighted by atomic mass is 9.79. The molecule has 0 bridgehead atoms. The van der Waals surface area contributed by atoms with E-state index < -0.39 is 0 Å². The van der Waals surface area contributed by atoms with Crippen molar-refractivity contribution < 1.29 is 9.84 Å². The summed E-state index contributed by atoms with van der Waals surface area (Å²) in [7, 11) is 2.21. The fourth-order valence-electron chi connectivity index (χ4n) is 3.24. The van der Waals surface area contributed by atoms with Gasteiger partial charge in [0.25, 0.3) is 0 Å². The van der Waals surface area contributed by atoms with E-state index in [4.69, 9.17) is 10.5 Å². The molecule has 0 amide bonds. The molecule has 0 aromatic heterocycles. The van der Waals surface area contributed by atoms with E-state index in [1.807, 2.05) is 0 Å². The summed E-state index contributed by atoms with van der Waals surface area (Å²) >= 11 is 0. The van der Waals surface area contributed by atoms with Crippen LogP contribution in [0.4, 0.5) is 0 Å². The Morgan fingerprint density at radius 3 is 2.65 bits per heavy atom. The van der Waals surface area contributed by atoms with Crippen LogP contribution < -0.4 is 5.73 Å². The van der Waals surface area contributed by atoms with Gasteiger partial charge in [0.15, 0.2) is 0 Å². The highest BCUT2D eigenvalue weighted by molar-refractivity contribution is 4.94. The molecule has 1 heterocycles. The molecule has 2 rings (SSSR count). The van der Waals surface area contributed by atoms with Crippen molar-refractivity contribution in [1.29, 1.82) is 0 Å². The maximum Gasteiger partial charge on any atom is 0.0611 e. The van der Waals surface area contributed by atoms with Crippen LogP contribution in [0.25, 0.3) is 0 Å². The quantitative estimate of drug-likeness (QED) is 0.766. The van der Waals surface area contributed by atoms with Crippen LogP contribution in [-0.2, 0) is 4.74 Å². The van der Waals surface area contributed by atoms with Crippen LogP contribution in [-0.4, -0.2) is 54.5 Å². The van der Waals surface area contributed by atoms with E-state index in [9.17, 15) is 5.11 Å². The van der Waals surface area contributed by atoms with Crippen LogP contribution in [0.3, 0.4) is 0 Å². The van der Waals surface area contributed by atoms with Gasteiger partial charge in [0.1, 0.15) is 0 Å². The highest BCUT2D eigenvalue weighted by Gasteiger charge is 2.35. The van der Waals surface area contributed by atoms with Crippen LogP contribution in [0.1, 0.15) is 38.5 Å². The smallest absolute Gasteiger partial charge is 0.0611 e. The minimum atomic E-state index is -0.345. The lowest BCUT2D eigenvalue weighted by molar-refractivity contribution is 0.00952. The highest BCUT2D eigenvalue weighted by Crippen LogP contribution is 2.30. The third-order valence-corrected chi connectivity index (χ3v) is 4.51. The Labute approximate surface area is 104 Å². The maximum atomic E-state index is 9.40. The fraction of sp³-hybridized carbons (Fsp3) is 1.00. The highest BCUT2D eigenvalue weighted by atomic mass is 16.5. The summed E-state index contributed by atoms with van der Waals surface area (Å²) in [5.41, 5.74) is 5.87. The zero-order chi connectivity index (χ0) is 12.3. The molecule has 2 unspecified atom stereocenters. The summed E-state index contributed by atoms with van der Waals surface area (Å²) in [5.74, 6) is 0. The molecule has 100 valence electrons. The van der Waals surface area contributed by atoms with Crippen molar-refractivity contribution in [2.45, 2.75) is 56.1 Å². The van der Waals surface area contributed by atoms with Gasteiger partial charge in [-0.1, -0.05) is 0 Å². The average molecular weight is 242 g/mol. The van der Waals surface area contributed by atoms with Gasteiger partial charge in [-0.05, 0) is 45.6 Å². The van der Waals surface area contributed by atoms with E-state index in [-0.39, 0.29) is 12.1 Å². The van der Waals surface area contributed by atoms with Gasteiger partial charge in [0, 0.05) is 30.8 Å². The number of aliphatic hydroxyl groups is 1. The van der Waals surface area contributed by atoms with Crippen molar-refractivity contribution in [2.24, 2.45) is 5.73 Å². The molecule has 2 fully saturated rings. The van der Waals surface area contributed by atoms with Crippen molar-refractivity contribution in [3.05, 3.63) is 0 Å². The molecule has 4 heteroatoms. The predicted octanol–water partition coefficient (Wildman–Crippen LogP) is 0.730. The number of nitrogens with two attached hydrogens (primary N) is 1. The number of hydrogen-bond donors (Lipinski definition) is 2. The van der Waals surface area contributed by atoms with Crippen LogP contribution in [0, 0.1) is 0 Å². The van der Waals surface area contributed by atoms with Gasteiger partial charge >= 0.3 is 0 Å². The van der Waals surface area contributed by atoms with Crippen molar-refractivity contribution in [1.82, 2.24) is 4.90 Å². The van der Waals surface area contributed by atoms with Gasteiger partial charge < -0.3 is 20.5 Å². The second kappa shape index (κ2) is 5.65. The number of ether oxygens (including phenoxy) is 1.